The first kappa shape index (κ1) is 15.2. The average Bonchev–Trinajstić information content (AvgIpc) is 3.45. The summed E-state index contributed by atoms with van der Waals surface area (Å²) >= 11 is 0. The third kappa shape index (κ3) is 2.90. The van der Waals surface area contributed by atoms with Gasteiger partial charge in [0.25, 0.3) is 5.91 Å². The van der Waals surface area contributed by atoms with E-state index in [4.69, 9.17) is 4.42 Å². The number of furan rings is 1. The zero-order valence-electron chi connectivity index (χ0n) is 13.7. The van der Waals surface area contributed by atoms with Crippen molar-refractivity contribution in [3.63, 3.8) is 0 Å². The Kier molecular flexibility index (Phi) is 3.58. The highest BCUT2D eigenvalue weighted by atomic mass is 16.3. The van der Waals surface area contributed by atoms with Crippen LogP contribution in [0.25, 0.3) is 0 Å². The van der Waals surface area contributed by atoms with Crippen LogP contribution in [0.2, 0.25) is 0 Å². The van der Waals surface area contributed by atoms with Gasteiger partial charge in [0.1, 0.15) is 18.1 Å². The molecule has 24 heavy (non-hydrogen) atoms. The van der Waals surface area contributed by atoms with E-state index >= 15 is 0 Å². The van der Waals surface area contributed by atoms with E-state index in [9.17, 15) is 14.4 Å². The van der Waals surface area contributed by atoms with Crippen molar-refractivity contribution >= 4 is 17.8 Å². The van der Waals surface area contributed by atoms with E-state index in [1.165, 1.54) is 0 Å². The van der Waals surface area contributed by atoms with Crippen LogP contribution >= 0.6 is 0 Å². The van der Waals surface area contributed by atoms with Gasteiger partial charge < -0.3 is 14.6 Å². The summed E-state index contributed by atoms with van der Waals surface area (Å²) in [4.78, 5) is 38.6. The minimum absolute atomic E-state index is 0.0311. The lowest BCUT2D eigenvalue weighted by atomic mass is 10.3. The Labute approximate surface area is 140 Å². The molecular weight excluding hydrogens is 310 g/mol. The van der Waals surface area contributed by atoms with E-state index < -0.39 is 6.03 Å². The van der Waals surface area contributed by atoms with Gasteiger partial charge in [0.15, 0.2) is 0 Å². The molecule has 7 nitrogen and oxygen atoms in total. The number of rotatable bonds is 6. The predicted octanol–water partition coefficient (Wildman–Crippen LogP) is 1.45. The summed E-state index contributed by atoms with van der Waals surface area (Å²) in [5.41, 5.74) is 0. The molecule has 1 aromatic heterocycles. The zero-order chi connectivity index (χ0) is 16.8. The molecule has 0 spiro atoms. The van der Waals surface area contributed by atoms with Crippen molar-refractivity contribution in [2.45, 2.75) is 44.7 Å². The van der Waals surface area contributed by atoms with Crippen LogP contribution < -0.4 is 5.32 Å². The van der Waals surface area contributed by atoms with Crippen LogP contribution in [0.1, 0.15) is 43.6 Å². The van der Waals surface area contributed by atoms with Gasteiger partial charge in [-0.25, -0.2) is 4.79 Å². The van der Waals surface area contributed by atoms with Gasteiger partial charge in [-0.15, -0.1) is 0 Å². The van der Waals surface area contributed by atoms with Crippen molar-refractivity contribution < 1.29 is 18.8 Å². The maximum absolute atomic E-state index is 12.6. The minimum Gasteiger partial charge on any atom is -0.464 e. The van der Waals surface area contributed by atoms with Gasteiger partial charge >= 0.3 is 6.03 Å². The van der Waals surface area contributed by atoms with E-state index in [1.54, 1.807) is 4.90 Å². The van der Waals surface area contributed by atoms with Crippen molar-refractivity contribution in [3.8, 4) is 0 Å². The largest absolute Gasteiger partial charge is 0.464 e. The molecule has 0 radical (unpaired) electrons. The normalized spacial score (nSPS) is 25.8. The number of hydrogen-bond acceptors (Lipinski definition) is 4. The Bertz CT molecular complexity index is 678. The molecule has 0 bridgehead atoms. The van der Waals surface area contributed by atoms with Crippen molar-refractivity contribution in [3.05, 3.63) is 23.7 Å². The fourth-order valence-electron chi connectivity index (χ4n) is 3.21. The molecule has 1 aromatic rings. The van der Waals surface area contributed by atoms with Crippen molar-refractivity contribution in [1.29, 1.82) is 0 Å². The molecule has 2 atom stereocenters. The smallest absolute Gasteiger partial charge is 0.325 e. The van der Waals surface area contributed by atoms with Crippen molar-refractivity contribution in [1.82, 2.24) is 15.1 Å². The van der Waals surface area contributed by atoms with Gasteiger partial charge in [-0.2, -0.15) is 0 Å². The molecule has 128 valence electrons. The highest BCUT2D eigenvalue weighted by Crippen LogP contribution is 2.47. The van der Waals surface area contributed by atoms with Gasteiger partial charge in [-0.05, 0) is 37.3 Å². The van der Waals surface area contributed by atoms with E-state index in [-0.39, 0.29) is 30.9 Å². The fourth-order valence-corrected chi connectivity index (χ4v) is 3.21. The van der Waals surface area contributed by atoms with Crippen molar-refractivity contribution in [2.24, 2.45) is 5.92 Å². The summed E-state index contributed by atoms with van der Waals surface area (Å²) in [6.07, 6.45) is 3.07. The molecule has 4 rings (SSSR count). The Morgan fingerprint density at radius 2 is 2.12 bits per heavy atom. The molecule has 3 fully saturated rings. The Hall–Kier alpha value is -2.31. The van der Waals surface area contributed by atoms with Gasteiger partial charge in [0.2, 0.25) is 5.91 Å². The first-order valence-electron chi connectivity index (χ1n) is 8.49. The first-order valence-corrected chi connectivity index (χ1v) is 8.49. The standard InChI is InChI=1S/C17H21N3O4/c1-10-6-13(10)14-5-4-12(24-14)8-19(11-2-3-11)16(22)9-20-15(21)7-18-17(20)23/h4-5,10-11,13H,2-3,6-9H2,1H3,(H,18,23). The summed E-state index contributed by atoms with van der Waals surface area (Å²) in [7, 11) is 0. The Morgan fingerprint density at radius 3 is 2.71 bits per heavy atom. The number of carbonyl (C=O) groups is 3. The number of amides is 4. The topological polar surface area (TPSA) is 82.9 Å². The lowest BCUT2D eigenvalue weighted by Gasteiger charge is -2.23. The quantitative estimate of drug-likeness (QED) is 0.800. The van der Waals surface area contributed by atoms with Crippen LogP contribution in [0.3, 0.4) is 0 Å². The van der Waals surface area contributed by atoms with Crippen LogP contribution in [0.5, 0.6) is 0 Å². The highest BCUT2D eigenvalue weighted by Gasteiger charge is 2.39. The van der Waals surface area contributed by atoms with Crippen LogP contribution in [0, 0.1) is 5.92 Å². The zero-order valence-corrected chi connectivity index (χ0v) is 13.7. The number of nitrogens with one attached hydrogen (secondary N) is 1. The SMILES string of the molecule is CC1CC1c1ccc(CN(C(=O)CN2C(=O)CNC2=O)C2CC2)o1. The van der Waals surface area contributed by atoms with Crippen LogP contribution in [0.4, 0.5) is 4.79 Å². The molecule has 1 saturated heterocycles. The first-order chi connectivity index (χ1) is 11.5. The number of urea groups is 1. The molecule has 1 aliphatic heterocycles. The lowest BCUT2D eigenvalue weighted by Crippen LogP contribution is -2.43. The number of hydrogen-bond donors (Lipinski definition) is 1. The number of imide groups is 1. The summed E-state index contributed by atoms with van der Waals surface area (Å²) < 4.78 is 5.90. The third-order valence-electron chi connectivity index (χ3n) is 5.02. The monoisotopic (exact) mass is 331 g/mol. The predicted molar refractivity (Wildman–Crippen MR) is 83.9 cm³/mol. The molecule has 3 aliphatic rings. The van der Waals surface area contributed by atoms with Crippen LogP contribution in [-0.4, -0.2) is 46.8 Å². The number of carbonyl (C=O) groups excluding carboxylic acids is 3. The van der Waals surface area contributed by atoms with E-state index in [0.29, 0.717) is 18.4 Å². The third-order valence-corrected chi connectivity index (χ3v) is 5.02. The molecule has 4 amide bonds. The summed E-state index contributed by atoms with van der Waals surface area (Å²) in [5.74, 6) is 2.38. The summed E-state index contributed by atoms with van der Waals surface area (Å²) in [5, 5.41) is 2.43. The molecule has 1 N–H and O–H groups in total. The molecule has 2 unspecified atom stereocenters. The summed E-state index contributed by atoms with van der Waals surface area (Å²) in [6, 6.07) is 3.62. The van der Waals surface area contributed by atoms with Gasteiger partial charge in [0.05, 0.1) is 13.1 Å². The lowest BCUT2D eigenvalue weighted by molar-refractivity contribution is -0.137. The van der Waals surface area contributed by atoms with E-state index in [0.717, 1.165) is 35.7 Å². The van der Waals surface area contributed by atoms with Crippen LogP contribution in [0.15, 0.2) is 16.5 Å². The minimum atomic E-state index is -0.493. The van der Waals surface area contributed by atoms with E-state index in [2.05, 4.69) is 12.2 Å². The molecule has 2 aliphatic carbocycles. The second kappa shape index (κ2) is 5.65. The maximum atomic E-state index is 12.6. The van der Waals surface area contributed by atoms with Crippen LogP contribution in [-0.2, 0) is 16.1 Å². The molecule has 0 aromatic carbocycles. The number of nitrogens with zero attached hydrogens (tertiary/aromatic N) is 2. The van der Waals surface area contributed by atoms with Gasteiger partial charge in [-0.3, -0.25) is 14.5 Å². The Balaban J connectivity index is 1.42. The highest BCUT2D eigenvalue weighted by molar-refractivity contribution is 6.04. The summed E-state index contributed by atoms with van der Waals surface area (Å²) in [6.45, 7) is 2.37. The second-order valence-corrected chi connectivity index (χ2v) is 7.01. The van der Waals surface area contributed by atoms with E-state index in [1.807, 2.05) is 12.1 Å². The molecule has 7 heteroatoms. The maximum Gasteiger partial charge on any atom is 0.325 e. The molecular formula is C17H21N3O4. The molecule has 2 saturated carbocycles. The average molecular weight is 331 g/mol. The van der Waals surface area contributed by atoms with Crippen molar-refractivity contribution in [2.75, 3.05) is 13.1 Å². The van der Waals surface area contributed by atoms with Gasteiger partial charge in [0, 0.05) is 12.0 Å². The second-order valence-electron chi connectivity index (χ2n) is 7.01. The Morgan fingerprint density at radius 1 is 1.38 bits per heavy atom. The fraction of sp³-hybridized carbons (Fsp3) is 0.588. The van der Waals surface area contributed by atoms with Gasteiger partial charge in [-0.1, -0.05) is 6.92 Å². The molecule has 2 heterocycles.